The van der Waals surface area contributed by atoms with Gasteiger partial charge in [0.15, 0.2) is 0 Å². The second kappa shape index (κ2) is 6.65. The van der Waals surface area contributed by atoms with E-state index in [-0.39, 0.29) is 12.3 Å². The van der Waals surface area contributed by atoms with E-state index in [0.717, 1.165) is 5.69 Å². The molecule has 2 N–H and O–H groups in total. The number of nitrogens with one attached hydrogen (secondary N) is 1. The van der Waals surface area contributed by atoms with Gasteiger partial charge in [0.1, 0.15) is 9.88 Å². The lowest BCUT2D eigenvalue weighted by atomic mass is 9.98. The number of carbonyl (C=O) groups is 2. The van der Waals surface area contributed by atoms with Crippen molar-refractivity contribution in [3.05, 3.63) is 35.5 Å². The fourth-order valence-corrected chi connectivity index (χ4v) is 2.63. The van der Waals surface area contributed by atoms with Crippen molar-refractivity contribution < 1.29 is 14.7 Å². The third-order valence-electron chi connectivity index (χ3n) is 3.03. The summed E-state index contributed by atoms with van der Waals surface area (Å²) in [5.41, 5.74) is 0.127. The largest absolute Gasteiger partial charge is 0.481 e. The first-order chi connectivity index (χ1) is 10.4. The Kier molecular flexibility index (Phi) is 4.87. The number of pyridine rings is 1. The molecule has 6 nitrogen and oxygen atoms in total. The van der Waals surface area contributed by atoms with Crippen LogP contribution in [0.4, 0.5) is 0 Å². The number of rotatable bonds is 6. The molecule has 2 rings (SSSR count). The van der Waals surface area contributed by atoms with E-state index in [1.165, 1.54) is 17.5 Å². The van der Waals surface area contributed by atoms with Gasteiger partial charge in [0, 0.05) is 18.2 Å². The highest BCUT2D eigenvalue weighted by Crippen LogP contribution is 2.23. The van der Waals surface area contributed by atoms with Crippen LogP contribution < -0.4 is 5.32 Å². The molecule has 7 heteroatoms. The summed E-state index contributed by atoms with van der Waals surface area (Å²) in [5, 5.41) is 12.2. The van der Waals surface area contributed by atoms with Gasteiger partial charge in [-0.25, -0.2) is 4.98 Å². The number of hydrogen-bond donors (Lipinski definition) is 2. The zero-order valence-corrected chi connectivity index (χ0v) is 13.2. The van der Waals surface area contributed by atoms with Gasteiger partial charge in [0.05, 0.1) is 11.9 Å². The molecule has 0 saturated heterocycles. The van der Waals surface area contributed by atoms with Gasteiger partial charge in [-0.2, -0.15) is 0 Å². The quantitative estimate of drug-likeness (QED) is 0.853. The van der Waals surface area contributed by atoms with Crippen LogP contribution in [0.1, 0.15) is 36.4 Å². The molecule has 0 aliphatic rings. The van der Waals surface area contributed by atoms with Gasteiger partial charge in [0.25, 0.3) is 5.91 Å². The van der Waals surface area contributed by atoms with E-state index in [0.29, 0.717) is 16.3 Å². The Labute approximate surface area is 132 Å². The normalized spacial score (nSPS) is 11.2. The van der Waals surface area contributed by atoms with Crippen molar-refractivity contribution in [3.63, 3.8) is 0 Å². The van der Waals surface area contributed by atoms with Gasteiger partial charge < -0.3 is 10.4 Å². The molecule has 0 bridgehead atoms. The maximum Gasteiger partial charge on any atom is 0.303 e. The van der Waals surface area contributed by atoms with Crippen LogP contribution in [-0.2, 0) is 4.79 Å². The van der Waals surface area contributed by atoms with Crippen molar-refractivity contribution in [2.24, 2.45) is 0 Å². The van der Waals surface area contributed by atoms with Crippen LogP contribution in [0, 0.1) is 0 Å². The topological polar surface area (TPSA) is 92.2 Å². The van der Waals surface area contributed by atoms with E-state index >= 15 is 0 Å². The van der Waals surface area contributed by atoms with Gasteiger partial charge >= 0.3 is 5.97 Å². The van der Waals surface area contributed by atoms with E-state index in [1.807, 2.05) is 18.2 Å². The van der Waals surface area contributed by atoms with Crippen molar-refractivity contribution in [1.29, 1.82) is 0 Å². The first kappa shape index (κ1) is 16.1. The van der Waals surface area contributed by atoms with Crippen LogP contribution in [0.3, 0.4) is 0 Å². The number of aromatic nitrogens is 2. The number of aliphatic carboxylic acids is 1. The molecule has 0 aliphatic heterocycles. The smallest absolute Gasteiger partial charge is 0.303 e. The molecule has 1 amide bonds. The Morgan fingerprint density at radius 1 is 1.32 bits per heavy atom. The monoisotopic (exact) mass is 319 g/mol. The molecule has 0 saturated carbocycles. The predicted molar refractivity (Wildman–Crippen MR) is 83.8 cm³/mol. The average molecular weight is 319 g/mol. The number of hydrogen-bond acceptors (Lipinski definition) is 5. The van der Waals surface area contributed by atoms with Crippen LogP contribution in [0.5, 0.6) is 0 Å². The van der Waals surface area contributed by atoms with Crippen molar-refractivity contribution in [3.8, 4) is 10.7 Å². The molecule has 0 aromatic carbocycles. The lowest BCUT2D eigenvalue weighted by Crippen LogP contribution is -2.43. The third-order valence-corrected chi connectivity index (χ3v) is 4.05. The molecular weight excluding hydrogens is 302 g/mol. The Bertz CT molecular complexity index is 668. The molecule has 0 radical (unpaired) electrons. The van der Waals surface area contributed by atoms with Crippen molar-refractivity contribution in [2.75, 3.05) is 0 Å². The van der Waals surface area contributed by atoms with Crippen LogP contribution in [0.2, 0.25) is 0 Å². The van der Waals surface area contributed by atoms with Crippen LogP contribution in [-0.4, -0.2) is 32.5 Å². The van der Waals surface area contributed by atoms with Gasteiger partial charge in [0.2, 0.25) is 0 Å². The first-order valence-electron chi connectivity index (χ1n) is 6.79. The zero-order valence-electron chi connectivity index (χ0n) is 12.4. The highest BCUT2D eigenvalue weighted by Gasteiger charge is 2.23. The van der Waals surface area contributed by atoms with E-state index in [2.05, 4.69) is 15.3 Å². The Morgan fingerprint density at radius 3 is 2.73 bits per heavy atom. The molecule has 0 unspecified atom stereocenters. The minimum Gasteiger partial charge on any atom is -0.481 e. The fraction of sp³-hybridized carbons (Fsp3) is 0.333. The van der Waals surface area contributed by atoms with E-state index in [4.69, 9.17) is 5.11 Å². The second-order valence-electron chi connectivity index (χ2n) is 5.48. The number of amides is 1. The molecular formula is C15H17N3O3S. The summed E-state index contributed by atoms with van der Waals surface area (Å²) in [6, 6.07) is 5.51. The number of carboxylic acids is 1. The lowest BCUT2D eigenvalue weighted by molar-refractivity contribution is -0.137. The molecule has 0 aliphatic carbocycles. The lowest BCUT2D eigenvalue weighted by Gasteiger charge is -2.25. The highest BCUT2D eigenvalue weighted by atomic mass is 32.1. The molecule has 0 fully saturated rings. The first-order valence-corrected chi connectivity index (χ1v) is 7.60. The third kappa shape index (κ3) is 4.36. The van der Waals surface area contributed by atoms with Gasteiger partial charge in [-0.05, 0) is 32.4 Å². The van der Waals surface area contributed by atoms with E-state index in [1.54, 1.807) is 20.0 Å². The standard InChI is InChI=1S/C15H17N3O3S/c1-15(2,7-6-12(19)20)18-13(21)11-9-17-14(22-11)10-5-3-4-8-16-10/h3-5,8-9H,6-7H2,1-2H3,(H,18,21)(H,19,20). The summed E-state index contributed by atoms with van der Waals surface area (Å²) >= 11 is 1.26. The summed E-state index contributed by atoms with van der Waals surface area (Å²) in [6.45, 7) is 3.60. The molecule has 0 atom stereocenters. The second-order valence-corrected chi connectivity index (χ2v) is 6.51. The Morgan fingerprint density at radius 2 is 2.09 bits per heavy atom. The molecule has 22 heavy (non-hydrogen) atoms. The maximum absolute atomic E-state index is 12.2. The number of thiazole rings is 1. The van der Waals surface area contributed by atoms with Gasteiger partial charge in [-0.1, -0.05) is 6.07 Å². The van der Waals surface area contributed by atoms with Crippen LogP contribution in [0.15, 0.2) is 30.6 Å². The highest BCUT2D eigenvalue weighted by molar-refractivity contribution is 7.16. The molecule has 0 spiro atoms. The summed E-state index contributed by atoms with van der Waals surface area (Å²) in [7, 11) is 0. The molecule has 2 heterocycles. The van der Waals surface area contributed by atoms with Crippen molar-refractivity contribution in [2.45, 2.75) is 32.2 Å². The fourth-order valence-electron chi connectivity index (χ4n) is 1.84. The minimum atomic E-state index is -0.877. The van der Waals surface area contributed by atoms with Gasteiger partial charge in [-0.3, -0.25) is 14.6 Å². The summed E-state index contributed by atoms with van der Waals surface area (Å²) in [4.78, 5) is 31.8. The zero-order chi connectivity index (χ0) is 16.2. The summed E-state index contributed by atoms with van der Waals surface area (Å²) in [6.07, 6.45) is 3.55. The summed E-state index contributed by atoms with van der Waals surface area (Å²) < 4.78 is 0. The average Bonchev–Trinajstić information content (AvgIpc) is 2.96. The maximum atomic E-state index is 12.2. The number of carboxylic acid groups (broad SMARTS) is 1. The number of carbonyl (C=O) groups excluding carboxylic acids is 1. The van der Waals surface area contributed by atoms with E-state index < -0.39 is 11.5 Å². The minimum absolute atomic E-state index is 0.00908. The van der Waals surface area contributed by atoms with Crippen molar-refractivity contribution in [1.82, 2.24) is 15.3 Å². The SMILES string of the molecule is CC(C)(CCC(=O)O)NC(=O)c1cnc(-c2ccccn2)s1. The van der Waals surface area contributed by atoms with Crippen LogP contribution >= 0.6 is 11.3 Å². The molecule has 2 aromatic rings. The summed E-state index contributed by atoms with van der Waals surface area (Å²) in [5.74, 6) is -1.13. The van der Waals surface area contributed by atoms with E-state index in [9.17, 15) is 9.59 Å². The molecule has 116 valence electrons. The van der Waals surface area contributed by atoms with Gasteiger partial charge in [-0.15, -0.1) is 11.3 Å². The Hall–Kier alpha value is -2.28. The molecule has 2 aromatic heterocycles. The van der Waals surface area contributed by atoms with Crippen molar-refractivity contribution >= 4 is 23.2 Å². The number of nitrogens with zero attached hydrogens (tertiary/aromatic N) is 2. The van der Waals surface area contributed by atoms with Crippen LogP contribution in [0.25, 0.3) is 10.7 Å². The Balaban J connectivity index is 2.04. The predicted octanol–water partition coefficient (Wildman–Crippen LogP) is 2.58.